The first-order chi connectivity index (χ1) is 15.5. The van der Waals surface area contributed by atoms with E-state index in [0.717, 1.165) is 49.7 Å². The van der Waals surface area contributed by atoms with Gasteiger partial charge in [0.1, 0.15) is 11.9 Å². The predicted octanol–water partition coefficient (Wildman–Crippen LogP) is 4.79. The molecule has 1 heterocycles. The van der Waals surface area contributed by atoms with Crippen LogP contribution in [0.1, 0.15) is 60.9 Å². The largest absolute Gasteiger partial charge is 0.462 e. The van der Waals surface area contributed by atoms with Crippen LogP contribution in [-0.2, 0) is 9.53 Å². The number of hydrogen-bond donors (Lipinski definition) is 2. The van der Waals surface area contributed by atoms with Gasteiger partial charge in [-0.1, -0.05) is 36.4 Å². The molecule has 2 aromatic carbocycles. The van der Waals surface area contributed by atoms with E-state index in [1.165, 1.54) is 0 Å². The Bertz CT molecular complexity index is 961. The molecule has 0 bridgehead atoms. The molecule has 2 aliphatic rings. The van der Waals surface area contributed by atoms with Crippen molar-refractivity contribution in [2.45, 2.75) is 51.0 Å². The minimum Gasteiger partial charge on any atom is -0.462 e. The summed E-state index contributed by atoms with van der Waals surface area (Å²) in [6.45, 7) is 1.35. The van der Waals surface area contributed by atoms with Crippen molar-refractivity contribution in [1.82, 2.24) is 4.90 Å². The van der Waals surface area contributed by atoms with Crippen LogP contribution >= 0.6 is 12.4 Å². The summed E-state index contributed by atoms with van der Waals surface area (Å²) in [5, 5.41) is 7.49. The van der Waals surface area contributed by atoms with Gasteiger partial charge in [0.05, 0.1) is 0 Å². The fourth-order valence-electron chi connectivity index (χ4n) is 4.65. The Morgan fingerprint density at radius 3 is 1.91 bits per heavy atom. The molecule has 4 rings (SSSR count). The van der Waals surface area contributed by atoms with Crippen molar-refractivity contribution in [2.24, 2.45) is 11.7 Å². The maximum atomic E-state index is 12.9. The first-order valence-corrected chi connectivity index (χ1v) is 11.5. The van der Waals surface area contributed by atoms with E-state index in [0.29, 0.717) is 36.6 Å². The molecule has 1 aliphatic carbocycles. The number of halogens is 1. The minimum absolute atomic E-state index is 0. The molecule has 0 aromatic heterocycles. The predicted molar refractivity (Wildman–Crippen MR) is 132 cm³/mol. The van der Waals surface area contributed by atoms with Crippen LogP contribution in [0.4, 0.5) is 0 Å². The van der Waals surface area contributed by atoms with Gasteiger partial charge in [-0.05, 0) is 67.7 Å². The summed E-state index contributed by atoms with van der Waals surface area (Å²) in [5.41, 5.74) is 8.90. The molecule has 33 heavy (non-hydrogen) atoms. The number of carbonyl (C=O) groups is 2. The molecule has 2 aromatic rings. The van der Waals surface area contributed by atoms with Gasteiger partial charge in [-0.25, -0.2) is 0 Å². The molecular weight excluding hydrogens is 438 g/mol. The lowest BCUT2D eigenvalue weighted by molar-refractivity contribution is -0.150. The average molecular weight is 470 g/mol. The number of rotatable bonds is 6. The number of hydrogen-bond acceptors (Lipinski definition) is 4. The monoisotopic (exact) mass is 469 g/mol. The highest BCUT2D eigenvalue weighted by Crippen LogP contribution is 2.26. The number of nitrogen functional groups attached to an aromatic ring is 1. The molecule has 0 spiro atoms. The van der Waals surface area contributed by atoms with E-state index in [2.05, 4.69) is 0 Å². The van der Waals surface area contributed by atoms with Crippen LogP contribution in [0.15, 0.2) is 48.5 Å². The summed E-state index contributed by atoms with van der Waals surface area (Å²) in [7, 11) is 0. The fraction of sp³-hybridized carbons (Fsp3) is 0.423. The smallest absolute Gasteiger partial charge is 0.306 e. The van der Waals surface area contributed by atoms with Crippen molar-refractivity contribution in [1.29, 1.82) is 5.41 Å². The minimum atomic E-state index is -0.0754. The highest BCUT2D eigenvalue weighted by Gasteiger charge is 2.27. The van der Waals surface area contributed by atoms with E-state index >= 15 is 0 Å². The van der Waals surface area contributed by atoms with Crippen molar-refractivity contribution in [3.63, 3.8) is 0 Å². The number of nitrogens with one attached hydrogen (secondary N) is 1. The molecule has 0 unspecified atom stereocenters. The summed E-state index contributed by atoms with van der Waals surface area (Å²) >= 11 is 0. The average Bonchev–Trinajstić information content (AvgIpc) is 3.32. The summed E-state index contributed by atoms with van der Waals surface area (Å²) in [5.74, 6) is 0.310. The first-order valence-electron chi connectivity index (χ1n) is 11.5. The normalized spacial score (nSPS) is 16.8. The lowest BCUT2D eigenvalue weighted by atomic mass is 9.93. The van der Waals surface area contributed by atoms with E-state index in [1.807, 2.05) is 53.4 Å². The molecule has 2 fully saturated rings. The number of benzene rings is 2. The van der Waals surface area contributed by atoms with Crippen LogP contribution < -0.4 is 5.73 Å². The third-order valence-electron chi connectivity index (χ3n) is 6.62. The van der Waals surface area contributed by atoms with E-state index in [1.54, 1.807) is 0 Å². The SMILES string of the molecule is Cl.N=C(N)c1ccc(-c2ccc(C(=O)N3CCC(CC(=O)OC4CCCC4)CC3)cc2)cc1. The number of amidine groups is 1. The van der Waals surface area contributed by atoms with Gasteiger partial charge in [0.15, 0.2) is 0 Å². The molecule has 1 saturated heterocycles. The Morgan fingerprint density at radius 1 is 0.879 bits per heavy atom. The number of nitrogens with two attached hydrogens (primary N) is 1. The number of esters is 1. The molecule has 0 atom stereocenters. The standard InChI is InChI=1S/C26H31N3O3.ClH/c27-25(28)21-9-5-19(6-10-21)20-7-11-22(12-8-20)26(31)29-15-13-18(14-16-29)17-24(30)32-23-3-1-2-4-23;/h5-12,18,23H,1-4,13-17H2,(H3,27,28);1H. The van der Waals surface area contributed by atoms with Crippen LogP contribution in [0.2, 0.25) is 0 Å². The fourth-order valence-corrected chi connectivity index (χ4v) is 4.65. The number of nitrogens with zero attached hydrogens (tertiary/aromatic N) is 1. The quantitative estimate of drug-likeness (QED) is 0.361. The van der Waals surface area contributed by atoms with Crippen molar-refractivity contribution in [3.05, 3.63) is 59.7 Å². The van der Waals surface area contributed by atoms with Gasteiger partial charge in [-0.2, -0.15) is 0 Å². The summed E-state index contributed by atoms with van der Waals surface area (Å²) in [4.78, 5) is 27.0. The number of amides is 1. The molecule has 1 saturated carbocycles. The van der Waals surface area contributed by atoms with Gasteiger partial charge < -0.3 is 15.4 Å². The van der Waals surface area contributed by atoms with Crippen molar-refractivity contribution < 1.29 is 14.3 Å². The molecule has 0 radical (unpaired) electrons. The third kappa shape index (κ3) is 6.35. The van der Waals surface area contributed by atoms with Crippen LogP contribution in [0.25, 0.3) is 11.1 Å². The highest BCUT2D eigenvalue weighted by atomic mass is 35.5. The van der Waals surface area contributed by atoms with Crippen LogP contribution in [0.5, 0.6) is 0 Å². The van der Waals surface area contributed by atoms with Gasteiger partial charge in [-0.3, -0.25) is 15.0 Å². The van der Waals surface area contributed by atoms with E-state index in [4.69, 9.17) is 15.9 Å². The second-order valence-corrected chi connectivity index (χ2v) is 8.90. The van der Waals surface area contributed by atoms with E-state index in [9.17, 15) is 9.59 Å². The third-order valence-corrected chi connectivity index (χ3v) is 6.62. The maximum Gasteiger partial charge on any atom is 0.306 e. The number of piperidine rings is 1. The Kier molecular flexibility index (Phi) is 8.50. The van der Waals surface area contributed by atoms with Gasteiger partial charge in [-0.15, -0.1) is 12.4 Å². The molecule has 3 N–H and O–H groups in total. The van der Waals surface area contributed by atoms with E-state index < -0.39 is 0 Å². The molecule has 7 heteroatoms. The lowest BCUT2D eigenvalue weighted by Crippen LogP contribution is -2.39. The maximum absolute atomic E-state index is 12.9. The van der Waals surface area contributed by atoms with Crippen LogP contribution in [-0.4, -0.2) is 41.8 Å². The zero-order valence-electron chi connectivity index (χ0n) is 18.8. The zero-order chi connectivity index (χ0) is 22.5. The Hall–Kier alpha value is -2.86. The Morgan fingerprint density at radius 2 is 1.39 bits per heavy atom. The second-order valence-electron chi connectivity index (χ2n) is 8.90. The topological polar surface area (TPSA) is 96.5 Å². The zero-order valence-corrected chi connectivity index (χ0v) is 19.6. The van der Waals surface area contributed by atoms with Gasteiger partial charge in [0, 0.05) is 30.6 Å². The number of ether oxygens (including phenoxy) is 1. The second kappa shape index (κ2) is 11.3. The van der Waals surface area contributed by atoms with Gasteiger partial charge >= 0.3 is 5.97 Å². The lowest BCUT2D eigenvalue weighted by Gasteiger charge is -2.32. The molecular formula is C26H32ClN3O3. The van der Waals surface area contributed by atoms with Gasteiger partial charge in [0.2, 0.25) is 0 Å². The number of carbonyl (C=O) groups excluding carboxylic acids is 2. The van der Waals surface area contributed by atoms with Gasteiger partial charge in [0.25, 0.3) is 5.91 Å². The number of likely N-dealkylation sites (tertiary alicyclic amines) is 1. The van der Waals surface area contributed by atoms with Crippen LogP contribution in [0, 0.1) is 11.3 Å². The summed E-state index contributed by atoms with van der Waals surface area (Å²) < 4.78 is 5.59. The molecule has 176 valence electrons. The Labute approximate surface area is 201 Å². The summed E-state index contributed by atoms with van der Waals surface area (Å²) in [6.07, 6.45) is 6.59. The van der Waals surface area contributed by atoms with Crippen molar-refractivity contribution >= 4 is 30.1 Å². The highest BCUT2D eigenvalue weighted by molar-refractivity contribution is 5.96. The summed E-state index contributed by atoms with van der Waals surface area (Å²) in [6, 6.07) is 15.1. The molecule has 6 nitrogen and oxygen atoms in total. The first kappa shape index (κ1) is 24.8. The molecule has 1 aliphatic heterocycles. The van der Waals surface area contributed by atoms with Crippen LogP contribution in [0.3, 0.4) is 0 Å². The van der Waals surface area contributed by atoms with E-state index in [-0.39, 0.29) is 36.2 Å². The Balaban J connectivity index is 0.00000306. The van der Waals surface area contributed by atoms with Crippen molar-refractivity contribution in [2.75, 3.05) is 13.1 Å². The molecule has 1 amide bonds. The van der Waals surface area contributed by atoms with Crippen molar-refractivity contribution in [3.8, 4) is 11.1 Å².